The molecule has 0 saturated carbocycles. The smallest absolute Gasteiger partial charge is 0.241 e. The van der Waals surface area contributed by atoms with Gasteiger partial charge in [-0.2, -0.15) is 4.72 Å². The van der Waals surface area contributed by atoms with Crippen molar-refractivity contribution in [2.24, 2.45) is 5.92 Å². The second-order valence-electron chi connectivity index (χ2n) is 5.33. The summed E-state index contributed by atoms with van der Waals surface area (Å²) in [5.41, 5.74) is 0. The van der Waals surface area contributed by atoms with Crippen molar-refractivity contribution in [2.45, 2.75) is 31.2 Å². The first-order valence-corrected chi connectivity index (χ1v) is 8.26. The van der Waals surface area contributed by atoms with E-state index in [2.05, 4.69) is 4.72 Å². The molecule has 5 nitrogen and oxygen atoms in total. The van der Waals surface area contributed by atoms with E-state index in [0.29, 0.717) is 0 Å². The molecule has 2 rings (SSSR count). The number of nitrogens with zero attached hydrogens (tertiary/aromatic N) is 1. The van der Waals surface area contributed by atoms with E-state index < -0.39 is 16.1 Å². The van der Waals surface area contributed by atoms with Crippen LogP contribution in [-0.4, -0.2) is 38.4 Å². The number of nitrogens with one attached hydrogen (secondary N) is 1. The van der Waals surface area contributed by atoms with E-state index in [1.807, 2.05) is 13.8 Å². The Bertz CT molecular complexity index is 565. The highest BCUT2D eigenvalue weighted by Crippen LogP contribution is 2.16. The van der Waals surface area contributed by atoms with Gasteiger partial charge in [-0.25, -0.2) is 8.42 Å². The molecule has 1 unspecified atom stereocenters. The van der Waals surface area contributed by atoms with Gasteiger partial charge in [0.25, 0.3) is 0 Å². The summed E-state index contributed by atoms with van der Waals surface area (Å²) < 4.78 is 27.1. The summed E-state index contributed by atoms with van der Waals surface area (Å²) >= 11 is 0. The molecule has 1 heterocycles. The van der Waals surface area contributed by atoms with Crippen LogP contribution in [0.3, 0.4) is 0 Å². The molecular formula is C14H20N2O3S. The highest BCUT2D eigenvalue weighted by molar-refractivity contribution is 7.89. The third kappa shape index (κ3) is 3.19. The van der Waals surface area contributed by atoms with Gasteiger partial charge in [-0.1, -0.05) is 32.0 Å². The van der Waals surface area contributed by atoms with E-state index in [4.69, 9.17) is 0 Å². The van der Waals surface area contributed by atoms with E-state index in [-0.39, 0.29) is 16.7 Å². The number of sulfonamides is 1. The zero-order chi connectivity index (χ0) is 14.8. The van der Waals surface area contributed by atoms with Crippen molar-refractivity contribution >= 4 is 15.9 Å². The number of carbonyl (C=O) groups is 1. The SMILES string of the molecule is CC(C)C(NS(=O)(=O)c1ccccc1)C(=O)N1CCC1. The lowest BCUT2D eigenvalue weighted by molar-refractivity contribution is -0.137. The van der Waals surface area contributed by atoms with Crippen LogP contribution in [0.25, 0.3) is 0 Å². The Morgan fingerprint density at radius 3 is 2.25 bits per heavy atom. The van der Waals surface area contributed by atoms with Crippen molar-refractivity contribution in [3.05, 3.63) is 30.3 Å². The Morgan fingerprint density at radius 1 is 1.20 bits per heavy atom. The summed E-state index contributed by atoms with van der Waals surface area (Å²) in [6.07, 6.45) is 0.988. The highest BCUT2D eigenvalue weighted by Gasteiger charge is 2.33. The summed E-state index contributed by atoms with van der Waals surface area (Å²) in [5, 5.41) is 0. The molecule has 1 aliphatic heterocycles. The number of benzene rings is 1. The van der Waals surface area contributed by atoms with E-state index >= 15 is 0 Å². The molecule has 1 N–H and O–H groups in total. The van der Waals surface area contributed by atoms with Crippen LogP contribution in [0.15, 0.2) is 35.2 Å². The van der Waals surface area contributed by atoms with Crippen LogP contribution in [0, 0.1) is 5.92 Å². The lowest BCUT2D eigenvalue weighted by atomic mass is 10.0. The lowest BCUT2D eigenvalue weighted by Crippen LogP contribution is -2.54. The molecule has 1 aromatic rings. The molecule has 20 heavy (non-hydrogen) atoms. The van der Waals surface area contributed by atoms with Crippen molar-refractivity contribution < 1.29 is 13.2 Å². The van der Waals surface area contributed by atoms with Crippen LogP contribution in [-0.2, 0) is 14.8 Å². The lowest BCUT2D eigenvalue weighted by Gasteiger charge is -2.35. The Morgan fingerprint density at radius 2 is 1.80 bits per heavy atom. The molecule has 1 aromatic carbocycles. The molecular weight excluding hydrogens is 276 g/mol. The first kappa shape index (κ1) is 15.0. The van der Waals surface area contributed by atoms with Gasteiger partial charge >= 0.3 is 0 Å². The topological polar surface area (TPSA) is 66.5 Å². The molecule has 0 bridgehead atoms. The van der Waals surface area contributed by atoms with E-state index in [9.17, 15) is 13.2 Å². The summed E-state index contributed by atoms with van der Waals surface area (Å²) in [6, 6.07) is 7.42. The maximum absolute atomic E-state index is 12.3. The van der Waals surface area contributed by atoms with Crippen LogP contribution in [0.5, 0.6) is 0 Å². The van der Waals surface area contributed by atoms with Gasteiger partial charge in [-0.05, 0) is 24.5 Å². The van der Waals surface area contributed by atoms with E-state index in [0.717, 1.165) is 19.5 Å². The first-order valence-electron chi connectivity index (χ1n) is 6.78. The second kappa shape index (κ2) is 5.93. The van der Waals surface area contributed by atoms with Crippen molar-refractivity contribution in [1.29, 1.82) is 0 Å². The monoisotopic (exact) mass is 296 g/mol. The highest BCUT2D eigenvalue weighted by atomic mass is 32.2. The second-order valence-corrected chi connectivity index (χ2v) is 7.05. The van der Waals surface area contributed by atoms with Gasteiger partial charge < -0.3 is 4.90 Å². The number of likely N-dealkylation sites (tertiary alicyclic amines) is 1. The number of hydrogen-bond donors (Lipinski definition) is 1. The average Bonchev–Trinajstić information content (AvgIpc) is 2.34. The summed E-state index contributed by atoms with van der Waals surface area (Å²) in [7, 11) is -3.66. The molecule has 1 atom stereocenters. The Kier molecular flexibility index (Phi) is 4.45. The van der Waals surface area contributed by atoms with Crippen molar-refractivity contribution in [3.63, 3.8) is 0 Å². The largest absolute Gasteiger partial charge is 0.341 e. The molecule has 1 amide bonds. The quantitative estimate of drug-likeness (QED) is 0.888. The Balaban J connectivity index is 2.17. The van der Waals surface area contributed by atoms with Gasteiger partial charge in [0.2, 0.25) is 15.9 Å². The number of hydrogen-bond acceptors (Lipinski definition) is 3. The molecule has 1 saturated heterocycles. The fourth-order valence-electron chi connectivity index (χ4n) is 2.04. The van der Waals surface area contributed by atoms with E-state index in [1.54, 1.807) is 23.1 Å². The minimum Gasteiger partial charge on any atom is -0.341 e. The maximum Gasteiger partial charge on any atom is 0.241 e. The van der Waals surface area contributed by atoms with Gasteiger partial charge in [0.05, 0.1) is 4.90 Å². The van der Waals surface area contributed by atoms with Crippen molar-refractivity contribution in [2.75, 3.05) is 13.1 Å². The first-order chi connectivity index (χ1) is 9.42. The molecule has 0 radical (unpaired) electrons. The number of carbonyl (C=O) groups excluding carboxylic acids is 1. The third-order valence-electron chi connectivity index (χ3n) is 3.44. The minimum atomic E-state index is -3.66. The van der Waals surface area contributed by atoms with Gasteiger partial charge in [0.1, 0.15) is 6.04 Å². The standard InChI is InChI=1S/C14H20N2O3S/c1-11(2)13(14(17)16-9-6-10-16)15-20(18,19)12-7-4-3-5-8-12/h3-5,7-8,11,13,15H,6,9-10H2,1-2H3. The predicted molar refractivity (Wildman–Crippen MR) is 76.6 cm³/mol. The number of rotatable bonds is 5. The van der Waals surface area contributed by atoms with Gasteiger partial charge in [0, 0.05) is 13.1 Å². The van der Waals surface area contributed by atoms with Crippen LogP contribution in [0.1, 0.15) is 20.3 Å². The molecule has 1 fully saturated rings. The normalized spacial score (nSPS) is 16.9. The van der Waals surface area contributed by atoms with Gasteiger partial charge in [0.15, 0.2) is 0 Å². The zero-order valence-electron chi connectivity index (χ0n) is 11.7. The Labute approximate surface area is 120 Å². The van der Waals surface area contributed by atoms with E-state index in [1.165, 1.54) is 12.1 Å². The summed E-state index contributed by atoms with van der Waals surface area (Å²) in [6.45, 7) is 5.12. The average molecular weight is 296 g/mol. The zero-order valence-corrected chi connectivity index (χ0v) is 12.6. The molecule has 0 aromatic heterocycles. The molecule has 6 heteroatoms. The van der Waals surface area contributed by atoms with Crippen LogP contribution in [0.4, 0.5) is 0 Å². The fraction of sp³-hybridized carbons (Fsp3) is 0.500. The molecule has 0 aliphatic carbocycles. The van der Waals surface area contributed by atoms with Gasteiger partial charge in [-0.3, -0.25) is 4.79 Å². The molecule has 1 aliphatic rings. The fourth-order valence-corrected chi connectivity index (χ4v) is 3.40. The minimum absolute atomic E-state index is 0.0958. The summed E-state index contributed by atoms with van der Waals surface area (Å²) in [4.78, 5) is 14.2. The van der Waals surface area contributed by atoms with Crippen molar-refractivity contribution in [3.8, 4) is 0 Å². The predicted octanol–water partition coefficient (Wildman–Crippen LogP) is 1.22. The maximum atomic E-state index is 12.3. The van der Waals surface area contributed by atoms with Gasteiger partial charge in [-0.15, -0.1) is 0 Å². The van der Waals surface area contributed by atoms with Crippen LogP contribution in [0.2, 0.25) is 0 Å². The third-order valence-corrected chi connectivity index (χ3v) is 4.89. The summed E-state index contributed by atoms with van der Waals surface area (Å²) in [5.74, 6) is -0.229. The van der Waals surface area contributed by atoms with Crippen LogP contribution < -0.4 is 4.72 Å². The molecule has 0 spiro atoms. The number of amides is 1. The van der Waals surface area contributed by atoms with Crippen molar-refractivity contribution in [1.82, 2.24) is 9.62 Å². The molecule has 110 valence electrons. The Hall–Kier alpha value is -1.40. The van der Waals surface area contributed by atoms with Crippen LogP contribution >= 0.6 is 0 Å².